The number of halogens is 2. The molecule has 0 amide bonds. The first-order chi connectivity index (χ1) is 19.0. The van der Waals surface area contributed by atoms with Crippen molar-refractivity contribution in [3.8, 4) is 0 Å². The van der Waals surface area contributed by atoms with Gasteiger partial charge in [0, 0.05) is 0 Å². The highest BCUT2D eigenvalue weighted by Gasteiger charge is 2.43. The van der Waals surface area contributed by atoms with E-state index in [4.69, 9.17) is 37.7 Å². The number of alkyl halides is 2. The molecule has 12 atom stereocenters. The van der Waals surface area contributed by atoms with Gasteiger partial charge in [-0.25, -0.2) is 9.78 Å². The zero-order valence-electron chi connectivity index (χ0n) is 23.7. The fourth-order valence-corrected chi connectivity index (χ4v) is 8.53. The average Bonchev–Trinajstić information content (AvgIpc) is 2.90. The Morgan fingerprint density at radius 1 is 0.675 bits per heavy atom. The molecule has 0 spiro atoms. The second-order valence-electron chi connectivity index (χ2n) is 13.2. The van der Waals surface area contributed by atoms with Crippen molar-refractivity contribution in [1.29, 1.82) is 0 Å². The van der Waals surface area contributed by atoms with E-state index < -0.39 is 35.8 Å². The number of hydrogen-bond donors (Lipinski definition) is 2. The minimum absolute atomic E-state index is 0.0483. The zero-order valence-corrected chi connectivity index (χ0v) is 25.2. The molecule has 4 saturated carbocycles. The number of hydrogen-bond acceptors (Lipinski definition) is 6. The van der Waals surface area contributed by atoms with Crippen molar-refractivity contribution < 1.29 is 39.1 Å². The van der Waals surface area contributed by atoms with E-state index in [1.54, 1.807) is 0 Å². The van der Waals surface area contributed by atoms with Crippen LogP contribution >= 0.6 is 23.2 Å². The molecule has 0 radical (unpaired) electrons. The van der Waals surface area contributed by atoms with Crippen molar-refractivity contribution in [2.45, 2.75) is 114 Å². The first-order valence-corrected chi connectivity index (χ1v) is 16.1. The number of carboxylic acid groups (broad SMARTS) is 2. The van der Waals surface area contributed by atoms with Crippen molar-refractivity contribution in [3.63, 3.8) is 0 Å². The van der Waals surface area contributed by atoms with Gasteiger partial charge in [-0.2, -0.15) is 0 Å². The van der Waals surface area contributed by atoms with E-state index in [1.807, 2.05) is 0 Å². The van der Waals surface area contributed by atoms with Crippen molar-refractivity contribution in [1.82, 2.24) is 0 Å². The molecular weight excluding hydrogens is 559 g/mol. The Kier molecular flexibility index (Phi) is 11.5. The van der Waals surface area contributed by atoms with Crippen LogP contribution in [0.4, 0.5) is 0 Å². The Bertz CT molecular complexity index is 886. The molecule has 8 nitrogen and oxygen atoms in total. The van der Waals surface area contributed by atoms with Crippen molar-refractivity contribution >= 4 is 41.1 Å². The molecule has 4 fully saturated rings. The summed E-state index contributed by atoms with van der Waals surface area (Å²) in [6.45, 7) is 4.47. The van der Waals surface area contributed by atoms with E-state index in [2.05, 4.69) is 13.8 Å². The van der Waals surface area contributed by atoms with Gasteiger partial charge in [0.15, 0.2) is 0 Å². The Labute approximate surface area is 247 Å². The van der Waals surface area contributed by atoms with Gasteiger partial charge >= 0.3 is 17.9 Å². The first kappa shape index (κ1) is 31.8. The fourth-order valence-electron chi connectivity index (χ4n) is 7.73. The lowest BCUT2D eigenvalue weighted by atomic mass is 9.72. The molecule has 0 aromatic carbocycles. The van der Waals surface area contributed by atoms with E-state index in [-0.39, 0.29) is 35.3 Å². The second-order valence-corrected chi connectivity index (χ2v) is 14.3. The quantitative estimate of drug-likeness (QED) is 0.136. The summed E-state index contributed by atoms with van der Waals surface area (Å²) in [5, 5.41) is 18.6. The third kappa shape index (κ3) is 8.05. The molecule has 4 aliphatic rings. The highest BCUT2D eigenvalue weighted by Crippen LogP contribution is 2.43. The molecule has 4 rings (SSSR count). The maximum atomic E-state index is 13.0. The molecule has 0 bridgehead atoms. The van der Waals surface area contributed by atoms with Gasteiger partial charge in [0.1, 0.15) is 12.2 Å². The standard InChI is InChI=1S/C30H46Cl2O8/c1-16-3-7-21(28(33)34)20(11-16)15-38-40-27-10-6-19(14-25(27)32)18-5-9-26(24(31)13-18)39-30(37)23-12-17(2)4-8-22(23)29(35)36/h16-27H,3-15H2,1-2H3,(H,33,34)(H,35,36). The van der Waals surface area contributed by atoms with E-state index >= 15 is 0 Å². The number of aliphatic carboxylic acids is 2. The van der Waals surface area contributed by atoms with E-state index in [0.717, 1.165) is 51.4 Å². The molecule has 0 aliphatic heterocycles. The van der Waals surface area contributed by atoms with Gasteiger partial charge in [-0.05, 0) is 107 Å². The van der Waals surface area contributed by atoms with Crippen LogP contribution in [0.1, 0.15) is 90.9 Å². The monoisotopic (exact) mass is 604 g/mol. The predicted octanol–water partition coefficient (Wildman–Crippen LogP) is 6.30. The van der Waals surface area contributed by atoms with Crippen LogP contribution in [0.5, 0.6) is 0 Å². The van der Waals surface area contributed by atoms with Crippen LogP contribution in [0.3, 0.4) is 0 Å². The summed E-state index contributed by atoms with van der Waals surface area (Å²) < 4.78 is 5.84. The van der Waals surface area contributed by atoms with Gasteiger partial charge in [-0.1, -0.05) is 13.8 Å². The van der Waals surface area contributed by atoms with Crippen LogP contribution in [0.15, 0.2) is 0 Å². The van der Waals surface area contributed by atoms with Gasteiger partial charge in [0.2, 0.25) is 0 Å². The molecule has 10 heteroatoms. The smallest absolute Gasteiger partial charge is 0.310 e. The third-order valence-corrected chi connectivity index (χ3v) is 11.1. The molecule has 0 aromatic heterocycles. The highest BCUT2D eigenvalue weighted by atomic mass is 35.5. The summed E-state index contributed by atoms with van der Waals surface area (Å²) in [6.07, 6.45) is 8.46. The number of ether oxygens (including phenoxy) is 1. The van der Waals surface area contributed by atoms with E-state index in [0.29, 0.717) is 49.4 Å². The average molecular weight is 606 g/mol. The molecule has 228 valence electrons. The van der Waals surface area contributed by atoms with E-state index in [9.17, 15) is 24.6 Å². The molecule has 0 heterocycles. The molecular formula is C30H46Cl2O8. The third-order valence-electron chi connectivity index (χ3n) is 10.2. The summed E-state index contributed by atoms with van der Waals surface area (Å²) in [5.74, 6) is -2.24. The summed E-state index contributed by atoms with van der Waals surface area (Å²) in [4.78, 5) is 47.6. The second kappa shape index (κ2) is 14.4. The van der Waals surface area contributed by atoms with Crippen molar-refractivity contribution in [2.75, 3.05) is 6.61 Å². The SMILES string of the molecule is CC1CCC(C(=O)O)C(COOC2CCC(C3CCC(OC(=O)C4CC(C)CCC4C(=O)O)C(Cl)C3)CC2Cl)C1. The summed E-state index contributed by atoms with van der Waals surface area (Å²) >= 11 is 13.5. The van der Waals surface area contributed by atoms with Crippen LogP contribution in [0.25, 0.3) is 0 Å². The molecule has 12 unspecified atom stereocenters. The molecule has 4 aliphatic carbocycles. The predicted molar refractivity (Wildman–Crippen MR) is 150 cm³/mol. The minimum atomic E-state index is -0.923. The Balaban J connectivity index is 1.20. The topological polar surface area (TPSA) is 119 Å². The number of esters is 1. The molecule has 0 saturated heterocycles. The summed E-state index contributed by atoms with van der Waals surface area (Å²) in [7, 11) is 0. The maximum absolute atomic E-state index is 13.0. The zero-order chi connectivity index (χ0) is 29.0. The normalized spacial score (nSPS) is 42.6. The van der Waals surface area contributed by atoms with Gasteiger partial charge < -0.3 is 14.9 Å². The molecule has 40 heavy (non-hydrogen) atoms. The van der Waals surface area contributed by atoms with Gasteiger partial charge in [-0.3, -0.25) is 14.4 Å². The van der Waals surface area contributed by atoms with Crippen molar-refractivity contribution in [3.05, 3.63) is 0 Å². The largest absolute Gasteiger partial charge is 0.481 e. The number of carboxylic acids is 2. The summed E-state index contributed by atoms with van der Waals surface area (Å²) in [6, 6.07) is 0. The van der Waals surface area contributed by atoms with Crippen LogP contribution in [0, 0.1) is 47.3 Å². The highest BCUT2D eigenvalue weighted by molar-refractivity contribution is 6.21. The Morgan fingerprint density at radius 2 is 1.23 bits per heavy atom. The molecule has 2 N–H and O–H groups in total. The lowest BCUT2D eigenvalue weighted by Crippen LogP contribution is -2.42. The van der Waals surface area contributed by atoms with Crippen LogP contribution < -0.4 is 0 Å². The van der Waals surface area contributed by atoms with Gasteiger partial charge in [0.25, 0.3) is 0 Å². The van der Waals surface area contributed by atoms with E-state index in [1.165, 1.54) is 0 Å². The first-order valence-electron chi connectivity index (χ1n) is 15.3. The number of carbonyl (C=O) groups excluding carboxylic acids is 1. The summed E-state index contributed by atoms with van der Waals surface area (Å²) in [5.41, 5.74) is 0. The Morgan fingerprint density at radius 3 is 1.80 bits per heavy atom. The van der Waals surface area contributed by atoms with Crippen LogP contribution in [-0.2, 0) is 28.9 Å². The van der Waals surface area contributed by atoms with Gasteiger partial charge in [-0.15, -0.1) is 23.2 Å². The number of carbonyl (C=O) groups is 3. The lowest BCUT2D eigenvalue weighted by Gasteiger charge is -2.41. The lowest BCUT2D eigenvalue weighted by molar-refractivity contribution is -0.337. The van der Waals surface area contributed by atoms with Crippen LogP contribution in [-0.4, -0.2) is 57.7 Å². The van der Waals surface area contributed by atoms with Crippen LogP contribution in [0.2, 0.25) is 0 Å². The maximum Gasteiger partial charge on any atom is 0.310 e. The fraction of sp³-hybridized carbons (Fsp3) is 0.900. The number of rotatable bonds is 9. The minimum Gasteiger partial charge on any atom is -0.481 e. The van der Waals surface area contributed by atoms with Gasteiger partial charge in [0.05, 0.1) is 35.1 Å². The van der Waals surface area contributed by atoms with Crippen molar-refractivity contribution in [2.24, 2.45) is 47.3 Å². The molecule has 0 aromatic rings. The Hall–Kier alpha value is -1.09.